The SMILES string of the molecule is C=C(C)C(NC)c1ccc(Cl)s1. The van der Waals surface area contributed by atoms with E-state index in [0.717, 1.165) is 9.91 Å². The number of halogens is 1. The van der Waals surface area contributed by atoms with Crippen molar-refractivity contribution in [3.8, 4) is 0 Å². The van der Waals surface area contributed by atoms with Crippen molar-refractivity contribution >= 4 is 22.9 Å². The quantitative estimate of drug-likeness (QED) is 0.741. The van der Waals surface area contributed by atoms with Gasteiger partial charge in [0.2, 0.25) is 0 Å². The molecule has 0 aliphatic heterocycles. The van der Waals surface area contributed by atoms with Crippen LogP contribution >= 0.6 is 22.9 Å². The summed E-state index contributed by atoms with van der Waals surface area (Å²) in [6.45, 7) is 5.92. The topological polar surface area (TPSA) is 12.0 Å². The summed E-state index contributed by atoms with van der Waals surface area (Å²) in [7, 11) is 1.92. The average Bonchev–Trinajstić information content (AvgIpc) is 2.37. The lowest BCUT2D eigenvalue weighted by molar-refractivity contribution is 0.691. The Morgan fingerprint density at radius 3 is 2.67 bits per heavy atom. The third kappa shape index (κ3) is 2.09. The molecule has 0 saturated carbocycles. The zero-order valence-corrected chi connectivity index (χ0v) is 8.80. The second-order valence-corrected chi connectivity index (χ2v) is 4.46. The van der Waals surface area contributed by atoms with Crippen LogP contribution in [0.3, 0.4) is 0 Å². The molecule has 1 heterocycles. The highest BCUT2D eigenvalue weighted by atomic mass is 35.5. The fourth-order valence-corrected chi connectivity index (χ4v) is 2.38. The normalized spacial score (nSPS) is 12.9. The van der Waals surface area contributed by atoms with E-state index >= 15 is 0 Å². The van der Waals surface area contributed by atoms with Gasteiger partial charge in [-0.3, -0.25) is 0 Å². The van der Waals surface area contributed by atoms with E-state index in [2.05, 4.69) is 11.9 Å². The predicted molar refractivity (Wildman–Crippen MR) is 55.9 cm³/mol. The van der Waals surface area contributed by atoms with Crippen LogP contribution in [0.5, 0.6) is 0 Å². The Hall–Kier alpha value is -0.310. The van der Waals surface area contributed by atoms with E-state index in [0.29, 0.717) is 0 Å². The van der Waals surface area contributed by atoms with E-state index in [-0.39, 0.29) is 6.04 Å². The number of likely N-dealkylation sites (N-methyl/N-ethyl adjacent to an activating group) is 1. The fourth-order valence-electron chi connectivity index (χ4n) is 1.11. The van der Waals surface area contributed by atoms with Crippen LogP contribution in [0.25, 0.3) is 0 Å². The van der Waals surface area contributed by atoms with Crippen molar-refractivity contribution < 1.29 is 0 Å². The van der Waals surface area contributed by atoms with Gasteiger partial charge in [0.05, 0.1) is 10.4 Å². The summed E-state index contributed by atoms with van der Waals surface area (Å²) in [6, 6.07) is 4.18. The Morgan fingerprint density at radius 2 is 2.33 bits per heavy atom. The van der Waals surface area contributed by atoms with Gasteiger partial charge in [0.1, 0.15) is 0 Å². The summed E-state index contributed by atoms with van der Waals surface area (Å²) in [6.07, 6.45) is 0. The third-order valence-corrected chi connectivity index (χ3v) is 2.96. The summed E-state index contributed by atoms with van der Waals surface area (Å²) >= 11 is 7.42. The van der Waals surface area contributed by atoms with Crippen LogP contribution in [0.2, 0.25) is 4.34 Å². The maximum Gasteiger partial charge on any atom is 0.0931 e. The van der Waals surface area contributed by atoms with E-state index < -0.39 is 0 Å². The van der Waals surface area contributed by atoms with Crippen LogP contribution < -0.4 is 5.32 Å². The molecule has 1 N–H and O–H groups in total. The highest BCUT2D eigenvalue weighted by molar-refractivity contribution is 7.16. The number of hydrogen-bond donors (Lipinski definition) is 1. The Balaban J connectivity index is 2.87. The number of nitrogens with one attached hydrogen (secondary N) is 1. The highest BCUT2D eigenvalue weighted by Gasteiger charge is 2.11. The van der Waals surface area contributed by atoms with E-state index in [1.807, 2.05) is 26.1 Å². The lowest BCUT2D eigenvalue weighted by Crippen LogP contribution is -2.15. The summed E-state index contributed by atoms with van der Waals surface area (Å²) < 4.78 is 0.825. The van der Waals surface area contributed by atoms with Crippen LogP contribution in [0.1, 0.15) is 17.8 Å². The minimum absolute atomic E-state index is 0.238. The summed E-state index contributed by atoms with van der Waals surface area (Å²) in [5.41, 5.74) is 1.11. The molecule has 0 saturated heterocycles. The van der Waals surface area contributed by atoms with Crippen molar-refractivity contribution in [1.29, 1.82) is 0 Å². The molecule has 1 aromatic heterocycles. The molecule has 3 heteroatoms. The van der Waals surface area contributed by atoms with Crippen LogP contribution in [0.15, 0.2) is 24.3 Å². The van der Waals surface area contributed by atoms with Crippen molar-refractivity contribution in [3.63, 3.8) is 0 Å². The van der Waals surface area contributed by atoms with Gasteiger partial charge in [-0.15, -0.1) is 11.3 Å². The molecule has 12 heavy (non-hydrogen) atoms. The Bertz CT molecular complexity index is 280. The minimum Gasteiger partial charge on any atom is -0.309 e. The third-order valence-electron chi connectivity index (χ3n) is 1.66. The van der Waals surface area contributed by atoms with Gasteiger partial charge in [-0.25, -0.2) is 0 Å². The van der Waals surface area contributed by atoms with Gasteiger partial charge in [-0.05, 0) is 26.1 Å². The van der Waals surface area contributed by atoms with Gasteiger partial charge >= 0.3 is 0 Å². The van der Waals surface area contributed by atoms with Crippen molar-refractivity contribution in [2.45, 2.75) is 13.0 Å². The summed E-state index contributed by atoms with van der Waals surface area (Å²) in [5, 5.41) is 3.18. The molecule has 1 unspecified atom stereocenters. The summed E-state index contributed by atoms with van der Waals surface area (Å²) in [4.78, 5) is 1.22. The molecule has 0 fully saturated rings. The van der Waals surface area contributed by atoms with Crippen molar-refractivity contribution in [1.82, 2.24) is 5.32 Å². The number of hydrogen-bond acceptors (Lipinski definition) is 2. The van der Waals surface area contributed by atoms with Gasteiger partial charge in [0, 0.05) is 4.88 Å². The van der Waals surface area contributed by atoms with Crippen molar-refractivity contribution in [2.24, 2.45) is 0 Å². The monoisotopic (exact) mass is 201 g/mol. The average molecular weight is 202 g/mol. The van der Waals surface area contributed by atoms with Crippen LogP contribution in [-0.4, -0.2) is 7.05 Å². The standard InChI is InChI=1S/C9H12ClNS/c1-6(2)9(11-3)7-4-5-8(10)12-7/h4-5,9,11H,1H2,2-3H3. The Morgan fingerprint density at radius 1 is 1.67 bits per heavy atom. The molecule has 1 rings (SSSR count). The first-order chi connectivity index (χ1) is 5.65. The second-order valence-electron chi connectivity index (χ2n) is 2.71. The largest absolute Gasteiger partial charge is 0.309 e. The molecular weight excluding hydrogens is 190 g/mol. The summed E-state index contributed by atoms with van der Waals surface area (Å²) in [5.74, 6) is 0. The Kier molecular flexibility index (Phi) is 3.32. The predicted octanol–water partition coefficient (Wildman–Crippen LogP) is 3.24. The van der Waals surface area contributed by atoms with E-state index in [9.17, 15) is 0 Å². The molecule has 0 bridgehead atoms. The molecule has 1 nitrogen and oxygen atoms in total. The second kappa shape index (κ2) is 4.08. The van der Waals surface area contributed by atoms with Crippen LogP contribution in [0.4, 0.5) is 0 Å². The van der Waals surface area contributed by atoms with Gasteiger partial charge < -0.3 is 5.32 Å². The molecule has 0 amide bonds. The van der Waals surface area contributed by atoms with Gasteiger partial charge in [0.15, 0.2) is 0 Å². The lowest BCUT2D eigenvalue weighted by atomic mass is 10.1. The van der Waals surface area contributed by atoms with Crippen LogP contribution in [0, 0.1) is 0 Å². The van der Waals surface area contributed by atoms with Gasteiger partial charge in [-0.2, -0.15) is 0 Å². The van der Waals surface area contributed by atoms with E-state index in [1.54, 1.807) is 11.3 Å². The number of thiophene rings is 1. The highest BCUT2D eigenvalue weighted by Crippen LogP contribution is 2.29. The first-order valence-electron chi connectivity index (χ1n) is 3.73. The van der Waals surface area contributed by atoms with Crippen LogP contribution in [-0.2, 0) is 0 Å². The molecular formula is C9H12ClNS. The molecule has 0 aliphatic carbocycles. The maximum absolute atomic E-state index is 5.83. The molecule has 0 spiro atoms. The molecule has 1 atom stereocenters. The molecule has 0 aromatic carbocycles. The maximum atomic E-state index is 5.83. The number of rotatable bonds is 3. The minimum atomic E-state index is 0.238. The zero-order chi connectivity index (χ0) is 9.14. The Labute approximate surface area is 82.1 Å². The molecule has 0 radical (unpaired) electrons. The fraction of sp³-hybridized carbons (Fsp3) is 0.333. The lowest BCUT2D eigenvalue weighted by Gasteiger charge is -2.13. The van der Waals surface area contributed by atoms with Crippen molar-refractivity contribution in [3.05, 3.63) is 33.5 Å². The smallest absolute Gasteiger partial charge is 0.0931 e. The molecule has 0 aliphatic rings. The van der Waals surface area contributed by atoms with E-state index in [1.165, 1.54) is 4.88 Å². The zero-order valence-electron chi connectivity index (χ0n) is 7.23. The molecule has 66 valence electrons. The first kappa shape index (κ1) is 9.78. The van der Waals surface area contributed by atoms with Gasteiger partial charge in [0.25, 0.3) is 0 Å². The van der Waals surface area contributed by atoms with Gasteiger partial charge in [-0.1, -0.05) is 23.8 Å². The van der Waals surface area contributed by atoms with E-state index in [4.69, 9.17) is 11.6 Å². The molecule has 1 aromatic rings. The van der Waals surface area contributed by atoms with Crippen molar-refractivity contribution in [2.75, 3.05) is 7.05 Å². The first-order valence-corrected chi connectivity index (χ1v) is 4.92.